The van der Waals surface area contributed by atoms with Crippen molar-refractivity contribution in [1.29, 1.82) is 0 Å². The van der Waals surface area contributed by atoms with Gasteiger partial charge in [-0.3, -0.25) is 0 Å². The second-order valence-electron chi connectivity index (χ2n) is 26.8. The zero-order valence-corrected chi connectivity index (χ0v) is 46.8. The second kappa shape index (κ2) is 15.4. The Kier molecular flexibility index (Phi) is 10.1. The highest BCUT2D eigenvalue weighted by molar-refractivity contribution is 7.33. The molecule has 6 heteroatoms. The maximum atomic E-state index is 7.50. The molecule has 6 aromatic carbocycles. The average molecular weight is 968 g/mol. The van der Waals surface area contributed by atoms with E-state index >= 15 is 0 Å². The summed E-state index contributed by atoms with van der Waals surface area (Å²) in [6.45, 7) is 37.6. The first-order chi connectivity index (χ1) is 33.8. The Morgan fingerprint density at radius 3 is 1.61 bits per heavy atom. The lowest BCUT2D eigenvalue weighted by molar-refractivity contribution is 0.195. The van der Waals surface area contributed by atoms with Crippen molar-refractivity contribution in [2.24, 2.45) is 0 Å². The Hall–Kier alpha value is -5.72. The van der Waals surface area contributed by atoms with E-state index in [1.54, 1.807) is 0 Å². The Morgan fingerprint density at radius 1 is 0.528 bits per heavy atom. The van der Waals surface area contributed by atoms with Gasteiger partial charge in [-0.05, 0) is 155 Å². The second-order valence-corrected chi connectivity index (χ2v) is 27.9. The first kappa shape index (κ1) is 47.3. The summed E-state index contributed by atoms with van der Waals surface area (Å²) in [4.78, 5) is 8.11. The summed E-state index contributed by atoms with van der Waals surface area (Å²) in [5.41, 5.74) is 22.4. The summed E-state index contributed by atoms with van der Waals surface area (Å²) in [6, 6.07) is 43.4. The van der Waals surface area contributed by atoms with Crippen molar-refractivity contribution >= 4 is 101 Å². The standard InChI is InChI=1S/C66H74BN3OS/c1-39-33-40(2)56-50(34-39)65(15)31-17-18-32-66(65,16)70(56)47-37-51-55-52(38-47)69(46-27-21-42(22-28-46)62(6,7)8)58-49-36-44(64(12,13)14)24-30-54(49)72-60(58)67(55)59-57(48-35-43(63(9,10)11)23-29-53(48)71-59)68(51)45-25-19-41(20-26-45)61(3,4)5/h19-30,33-38H,17-18,31-32H2,1-16H3. The molecule has 2 atom stereocenters. The molecule has 12 rings (SSSR count). The molecule has 72 heavy (non-hydrogen) atoms. The van der Waals surface area contributed by atoms with E-state index in [0.29, 0.717) is 0 Å². The van der Waals surface area contributed by atoms with Gasteiger partial charge in [0.15, 0.2) is 0 Å². The van der Waals surface area contributed by atoms with E-state index < -0.39 is 0 Å². The van der Waals surface area contributed by atoms with Crippen LogP contribution in [0.25, 0.3) is 21.1 Å². The molecule has 1 saturated carbocycles. The highest BCUT2D eigenvalue weighted by Crippen LogP contribution is 2.63. The molecule has 4 nitrogen and oxygen atoms in total. The van der Waals surface area contributed by atoms with Crippen molar-refractivity contribution in [3.63, 3.8) is 0 Å². The molecule has 5 heterocycles. The summed E-state index contributed by atoms with van der Waals surface area (Å²) in [7, 11) is 0. The topological polar surface area (TPSA) is 22.9 Å². The Balaban J connectivity index is 1.25. The van der Waals surface area contributed by atoms with Gasteiger partial charge < -0.3 is 19.1 Å². The SMILES string of the molecule is Cc1cc(C)c2c(c1)C1(C)CCCCC1(C)N2c1cc2c3c(c1)N(c1ccc(C(C)(C)C)cc1)c1c(sc4ccc(C(C)(C)C)cc14)B3c1oc3ccc(C(C)(C)C)cc3c1N2c1ccc(C(C)(C)C)cc1. The summed E-state index contributed by atoms with van der Waals surface area (Å²) < 4.78 is 10.1. The molecule has 1 aliphatic carbocycles. The van der Waals surface area contributed by atoms with Crippen molar-refractivity contribution in [1.82, 2.24) is 0 Å². The number of benzene rings is 6. The van der Waals surface area contributed by atoms with Crippen LogP contribution < -0.4 is 30.6 Å². The van der Waals surface area contributed by atoms with Crippen LogP contribution in [0.1, 0.15) is 162 Å². The number of aryl methyl sites for hydroxylation is 2. The van der Waals surface area contributed by atoms with E-state index in [9.17, 15) is 0 Å². The van der Waals surface area contributed by atoms with E-state index in [1.807, 2.05) is 11.3 Å². The zero-order valence-electron chi connectivity index (χ0n) is 46.0. The first-order valence-corrected chi connectivity index (χ1v) is 27.6. The lowest BCUT2D eigenvalue weighted by Crippen LogP contribution is -2.60. The largest absolute Gasteiger partial charge is 0.468 e. The number of fused-ring (bicyclic) bond motifs is 11. The van der Waals surface area contributed by atoms with Gasteiger partial charge in [-0.25, -0.2) is 0 Å². The molecule has 368 valence electrons. The number of furan rings is 1. The van der Waals surface area contributed by atoms with Crippen LogP contribution in [-0.2, 0) is 27.1 Å². The molecule has 1 fully saturated rings. The molecule has 0 amide bonds. The van der Waals surface area contributed by atoms with Gasteiger partial charge in [0.2, 0.25) is 0 Å². The fourth-order valence-corrected chi connectivity index (χ4v) is 14.7. The Bertz CT molecular complexity index is 3350. The van der Waals surface area contributed by atoms with Crippen molar-refractivity contribution < 1.29 is 4.42 Å². The maximum Gasteiger partial charge on any atom is 0.309 e. The first-order valence-electron chi connectivity index (χ1n) is 26.8. The van der Waals surface area contributed by atoms with Crippen molar-refractivity contribution in [2.45, 2.75) is 169 Å². The maximum absolute atomic E-state index is 7.50. The molecule has 0 saturated heterocycles. The van der Waals surface area contributed by atoms with Crippen LogP contribution in [0, 0.1) is 13.8 Å². The molecule has 0 bridgehead atoms. The monoisotopic (exact) mass is 968 g/mol. The van der Waals surface area contributed by atoms with Crippen molar-refractivity contribution in [3.8, 4) is 0 Å². The predicted octanol–water partition coefficient (Wildman–Crippen LogP) is 17.3. The molecule has 0 spiro atoms. The normalized spacial score (nSPS) is 19.7. The molecule has 0 N–H and O–H groups in total. The third-order valence-electron chi connectivity index (χ3n) is 17.7. The van der Waals surface area contributed by atoms with Gasteiger partial charge in [0.25, 0.3) is 0 Å². The summed E-state index contributed by atoms with van der Waals surface area (Å²) in [5.74, 6) is 0. The molecule has 2 unspecified atom stereocenters. The number of nitrogens with zero attached hydrogens (tertiary/aromatic N) is 3. The van der Waals surface area contributed by atoms with Gasteiger partial charge in [0.1, 0.15) is 11.2 Å². The number of thiophene rings is 1. The van der Waals surface area contributed by atoms with Crippen molar-refractivity contribution in [3.05, 3.63) is 148 Å². The van der Waals surface area contributed by atoms with Crippen LogP contribution in [-0.4, -0.2) is 12.3 Å². The Morgan fingerprint density at radius 2 is 1.04 bits per heavy atom. The van der Waals surface area contributed by atoms with Gasteiger partial charge in [-0.2, -0.15) is 0 Å². The number of hydrogen-bond acceptors (Lipinski definition) is 5. The number of hydrogen-bond donors (Lipinski definition) is 0. The van der Waals surface area contributed by atoms with Gasteiger partial charge in [0.05, 0.1) is 16.9 Å². The van der Waals surface area contributed by atoms with E-state index in [-0.39, 0.29) is 39.3 Å². The molecule has 2 aromatic heterocycles. The van der Waals surface area contributed by atoms with E-state index in [1.165, 1.54) is 113 Å². The van der Waals surface area contributed by atoms with E-state index in [0.717, 1.165) is 34.4 Å². The highest BCUT2D eigenvalue weighted by atomic mass is 32.1. The Labute approximate surface area is 434 Å². The summed E-state index contributed by atoms with van der Waals surface area (Å²) in [5, 5.41) is 2.47. The van der Waals surface area contributed by atoms with Crippen LogP contribution in [0.3, 0.4) is 0 Å². The average Bonchev–Trinajstić information content (AvgIpc) is 3.94. The highest BCUT2D eigenvalue weighted by Gasteiger charge is 2.59. The lowest BCUT2D eigenvalue weighted by atomic mass is 9.38. The van der Waals surface area contributed by atoms with Crippen LogP contribution in [0.4, 0.5) is 45.5 Å². The van der Waals surface area contributed by atoms with Gasteiger partial charge in [-0.1, -0.05) is 157 Å². The van der Waals surface area contributed by atoms with E-state index in [4.69, 9.17) is 4.42 Å². The van der Waals surface area contributed by atoms with Crippen LogP contribution in [0.2, 0.25) is 0 Å². The number of rotatable bonds is 3. The van der Waals surface area contributed by atoms with Crippen LogP contribution >= 0.6 is 11.3 Å². The van der Waals surface area contributed by atoms with Gasteiger partial charge in [-0.15, -0.1) is 11.3 Å². The molecule has 3 aliphatic heterocycles. The molecular formula is C66H74BN3OS. The third kappa shape index (κ3) is 6.82. The summed E-state index contributed by atoms with van der Waals surface area (Å²) >= 11 is 1.95. The lowest BCUT2D eigenvalue weighted by Gasteiger charge is -2.51. The van der Waals surface area contributed by atoms with Gasteiger partial charge >= 0.3 is 6.71 Å². The fraction of sp³-hybridized carbons (Fsp3) is 0.394. The van der Waals surface area contributed by atoms with Crippen LogP contribution in [0.15, 0.2) is 114 Å². The molecule has 4 aliphatic rings. The molecular weight excluding hydrogens is 894 g/mol. The fourth-order valence-electron chi connectivity index (χ4n) is 13.4. The third-order valence-corrected chi connectivity index (χ3v) is 19.0. The summed E-state index contributed by atoms with van der Waals surface area (Å²) in [6.07, 6.45) is 4.77. The minimum absolute atomic E-state index is 0.00857. The number of anilines is 8. The molecule has 8 aromatic rings. The van der Waals surface area contributed by atoms with Gasteiger partial charge in [0, 0.05) is 59.8 Å². The predicted molar refractivity (Wildman–Crippen MR) is 313 cm³/mol. The smallest absolute Gasteiger partial charge is 0.309 e. The minimum Gasteiger partial charge on any atom is -0.468 e. The van der Waals surface area contributed by atoms with Crippen molar-refractivity contribution in [2.75, 3.05) is 14.7 Å². The molecule has 0 radical (unpaired) electrons. The van der Waals surface area contributed by atoms with E-state index in [2.05, 4.69) is 235 Å². The zero-order chi connectivity index (χ0) is 51.0. The quantitative estimate of drug-likeness (QED) is 0.165. The van der Waals surface area contributed by atoms with Crippen LogP contribution in [0.5, 0.6) is 0 Å². The minimum atomic E-state index is -0.148.